The second-order valence-electron chi connectivity index (χ2n) is 8.73. The lowest BCUT2D eigenvalue weighted by Gasteiger charge is -2.37. The zero-order valence-corrected chi connectivity index (χ0v) is 22.5. The van der Waals surface area contributed by atoms with Crippen molar-refractivity contribution >= 4 is 35.1 Å². The van der Waals surface area contributed by atoms with Crippen LogP contribution in [0.2, 0.25) is 10.0 Å². The number of halogens is 2. The summed E-state index contributed by atoms with van der Waals surface area (Å²) in [5.74, 6) is -2.27. The van der Waals surface area contributed by atoms with Crippen molar-refractivity contribution in [3.05, 3.63) is 78.6 Å². The predicted molar refractivity (Wildman–Crippen MR) is 142 cm³/mol. The van der Waals surface area contributed by atoms with E-state index in [0.29, 0.717) is 12.0 Å². The SMILES string of the molecule is COc1cc2c(c(Cl)c1O)Oc1c(cc(OC)c(O)c1Cl)C21OC(=O)c2cc(C(=O)NCCCN=[N+]=[N-])ccc21. The molecule has 0 aliphatic carbocycles. The number of fused-ring (bicyclic) bond motifs is 6. The van der Waals surface area contributed by atoms with E-state index < -0.39 is 29.0 Å². The normalized spacial score (nSPS) is 13.8. The molecule has 206 valence electrons. The van der Waals surface area contributed by atoms with Gasteiger partial charge in [-0.05, 0) is 36.2 Å². The highest BCUT2D eigenvalue weighted by Crippen LogP contribution is 2.63. The lowest BCUT2D eigenvalue weighted by Crippen LogP contribution is -2.33. The topological polar surface area (TPSA) is 172 Å². The second-order valence-corrected chi connectivity index (χ2v) is 9.49. The molecule has 3 N–H and O–H groups in total. The minimum absolute atomic E-state index is 0.0201. The van der Waals surface area contributed by atoms with Crippen LogP contribution < -0.4 is 19.5 Å². The van der Waals surface area contributed by atoms with Gasteiger partial charge >= 0.3 is 5.97 Å². The summed E-state index contributed by atoms with van der Waals surface area (Å²) in [4.78, 5) is 28.8. The minimum atomic E-state index is -1.74. The van der Waals surface area contributed by atoms with Crippen LogP contribution >= 0.6 is 23.2 Å². The summed E-state index contributed by atoms with van der Waals surface area (Å²) >= 11 is 13.0. The van der Waals surface area contributed by atoms with Gasteiger partial charge in [-0.1, -0.05) is 34.4 Å². The first kappa shape index (κ1) is 27.1. The number of ether oxygens (including phenoxy) is 4. The van der Waals surface area contributed by atoms with Crippen molar-refractivity contribution in [3.8, 4) is 34.5 Å². The molecular formula is C26H20Cl2N4O8. The number of rotatable bonds is 7. The van der Waals surface area contributed by atoms with Crippen molar-refractivity contribution < 1.29 is 38.7 Å². The molecule has 5 rings (SSSR count). The van der Waals surface area contributed by atoms with Crippen LogP contribution in [0.3, 0.4) is 0 Å². The molecule has 12 nitrogen and oxygen atoms in total. The number of phenolic OH excluding ortho intramolecular Hbond substituents is 2. The van der Waals surface area contributed by atoms with Gasteiger partial charge in [0, 0.05) is 29.1 Å². The summed E-state index contributed by atoms with van der Waals surface area (Å²) in [6.07, 6.45) is 0.435. The van der Waals surface area contributed by atoms with Crippen LogP contribution in [0, 0.1) is 0 Å². The van der Waals surface area contributed by atoms with Crippen LogP contribution in [0.4, 0.5) is 0 Å². The summed E-state index contributed by atoms with van der Waals surface area (Å²) in [7, 11) is 2.65. The number of methoxy groups -OCH3 is 2. The molecule has 0 saturated heterocycles. The Labute approximate surface area is 236 Å². The van der Waals surface area contributed by atoms with E-state index in [4.69, 9.17) is 47.7 Å². The molecular weight excluding hydrogens is 567 g/mol. The van der Waals surface area contributed by atoms with Gasteiger partial charge in [-0.2, -0.15) is 0 Å². The third kappa shape index (κ3) is 3.96. The van der Waals surface area contributed by atoms with Gasteiger partial charge in [-0.15, -0.1) is 0 Å². The summed E-state index contributed by atoms with van der Waals surface area (Å²) in [5.41, 5.74) is 7.61. The Morgan fingerprint density at radius 2 is 1.65 bits per heavy atom. The van der Waals surface area contributed by atoms with Crippen molar-refractivity contribution in [2.24, 2.45) is 5.11 Å². The Morgan fingerprint density at radius 3 is 2.20 bits per heavy atom. The molecule has 2 heterocycles. The van der Waals surface area contributed by atoms with Crippen LogP contribution in [0.1, 0.15) is 43.8 Å². The Bertz CT molecular complexity index is 1570. The van der Waals surface area contributed by atoms with Gasteiger partial charge in [0.25, 0.3) is 5.91 Å². The largest absolute Gasteiger partial charge is 0.503 e. The number of azide groups is 1. The highest BCUT2D eigenvalue weighted by Gasteiger charge is 2.56. The van der Waals surface area contributed by atoms with E-state index in [0.717, 1.165) is 0 Å². The number of aromatic hydroxyl groups is 2. The molecule has 1 spiro atoms. The molecule has 0 unspecified atom stereocenters. The van der Waals surface area contributed by atoms with E-state index in [1.54, 1.807) is 6.07 Å². The highest BCUT2D eigenvalue weighted by molar-refractivity contribution is 6.35. The van der Waals surface area contributed by atoms with Crippen LogP contribution in [0.5, 0.6) is 34.5 Å². The van der Waals surface area contributed by atoms with E-state index in [1.165, 1.54) is 38.5 Å². The lowest BCUT2D eigenvalue weighted by molar-refractivity contribution is 0.0222. The Kier molecular flexibility index (Phi) is 6.92. The molecule has 2 aliphatic heterocycles. The smallest absolute Gasteiger partial charge is 0.340 e. The Hall–Kier alpha value is -4.51. The molecule has 14 heteroatoms. The number of hydrogen-bond donors (Lipinski definition) is 3. The van der Waals surface area contributed by atoms with Crippen LogP contribution in [0.25, 0.3) is 10.4 Å². The van der Waals surface area contributed by atoms with Gasteiger partial charge in [0.2, 0.25) is 0 Å². The van der Waals surface area contributed by atoms with Crippen molar-refractivity contribution in [2.45, 2.75) is 12.0 Å². The molecule has 0 fully saturated rings. The highest BCUT2D eigenvalue weighted by atomic mass is 35.5. The van der Waals surface area contributed by atoms with Gasteiger partial charge in [0.05, 0.1) is 30.9 Å². The summed E-state index contributed by atoms with van der Waals surface area (Å²) < 4.78 is 22.7. The molecule has 0 saturated carbocycles. The first-order valence-electron chi connectivity index (χ1n) is 11.7. The van der Waals surface area contributed by atoms with Crippen molar-refractivity contribution in [1.29, 1.82) is 0 Å². The van der Waals surface area contributed by atoms with Crippen LogP contribution in [-0.2, 0) is 10.3 Å². The number of nitrogens with zero attached hydrogens (tertiary/aromatic N) is 3. The van der Waals surface area contributed by atoms with Crippen molar-refractivity contribution in [1.82, 2.24) is 5.32 Å². The monoisotopic (exact) mass is 586 g/mol. The summed E-state index contributed by atoms with van der Waals surface area (Å²) in [6.45, 7) is 0.477. The fourth-order valence-electron chi connectivity index (χ4n) is 4.79. The number of nitrogens with one attached hydrogen (secondary N) is 1. The van der Waals surface area contributed by atoms with Crippen molar-refractivity contribution in [2.75, 3.05) is 27.3 Å². The summed E-state index contributed by atoms with van der Waals surface area (Å²) in [6, 6.07) is 7.29. The first-order chi connectivity index (χ1) is 19.2. The standard InChI is InChI=1S/C26H20Cl2N4O8/c1-37-16-9-14-22(18(27)20(16)33)39-23-15(10-17(38-2)21(34)19(23)28)26(14)13-5-4-11(8-12(13)25(36)40-26)24(35)30-6-3-7-31-32-29/h4-5,8-10,33-34H,3,6-7H2,1-2H3,(H,30,35). The average molecular weight is 587 g/mol. The second kappa shape index (κ2) is 10.2. The molecule has 0 aromatic heterocycles. The lowest BCUT2D eigenvalue weighted by atomic mass is 9.77. The zero-order chi connectivity index (χ0) is 28.8. The zero-order valence-electron chi connectivity index (χ0n) is 20.9. The third-order valence-corrected chi connectivity index (χ3v) is 7.34. The maximum atomic E-state index is 13.4. The van der Waals surface area contributed by atoms with Gasteiger partial charge < -0.3 is 34.5 Å². The number of hydrogen-bond acceptors (Lipinski definition) is 9. The molecule has 1 amide bonds. The molecule has 0 atom stereocenters. The number of benzene rings is 3. The number of esters is 1. The fourth-order valence-corrected chi connectivity index (χ4v) is 5.25. The molecule has 0 bridgehead atoms. The maximum absolute atomic E-state index is 13.4. The first-order valence-corrected chi connectivity index (χ1v) is 12.5. The number of carbonyl (C=O) groups is 2. The minimum Gasteiger partial charge on any atom is -0.503 e. The van der Waals surface area contributed by atoms with E-state index in [1.807, 2.05) is 0 Å². The van der Waals surface area contributed by atoms with Crippen LogP contribution in [-0.4, -0.2) is 49.4 Å². The fraction of sp³-hybridized carbons (Fsp3) is 0.231. The van der Waals surface area contributed by atoms with Gasteiger partial charge in [-0.25, -0.2) is 4.79 Å². The number of phenols is 2. The molecule has 3 aromatic carbocycles. The maximum Gasteiger partial charge on any atom is 0.340 e. The van der Waals surface area contributed by atoms with E-state index >= 15 is 0 Å². The van der Waals surface area contributed by atoms with Crippen LogP contribution in [0.15, 0.2) is 35.4 Å². The van der Waals surface area contributed by atoms with Gasteiger partial charge in [0.1, 0.15) is 10.0 Å². The molecule has 40 heavy (non-hydrogen) atoms. The van der Waals surface area contributed by atoms with Gasteiger partial charge in [-0.3, -0.25) is 4.79 Å². The number of carbonyl (C=O) groups excluding carboxylic acids is 2. The molecule has 0 radical (unpaired) electrons. The van der Waals surface area contributed by atoms with Crippen molar-refractivity contribution in [3.63, 3.8) is 0 Å². The quantitative estimate of drug-likeness (QED) is 0.108. The van der Waals surface area contributed by atoms with E-state index in [9.17, 15) is 19.8 Å². The molecule has 3 aromatic rings. The average Bonchev–Trinajstić information content (AvgIpc) is 3.24. The summed E-state index contributed by atoms with van der Waals surface area (Å²) in [5, 5.41) is 26.8. The Morgan fingerprint density at radius 1 is 1.05 bits per heavy atom. The third-order valence-electron chi connectivity index (χ3n) is 6.63. The predicted octanol–water partition coefficient (Wildman–Crippen LogP) is 5.42. The Balaban J connectivity index is 1.71. The van der Waals surface area contributed by atoms with Gasteiger partial charge in [0.15, 0.2) is 40.1 Å². The number of amides is 1. The molecule has 2 aliphatic rings. The van der Waals surface area contributed by atoms with E-state index in [-0.39, 0.29) is 68.4 Å². The van der Waals surface area contributed by atoms with E-state index in [2.05, 4.69) is 15.3 Å².